The third kappa shape index (κ3) is 0.667. The van der Waals surface area contributed by atoms with Crippen LogP contribution in [0.5, 0.6) is 0 Å². The number of Topliss-reactive ketones (excluding diaryl/α,β-unsaturated/α-hetero) is 1. The largest absolute Gasteiger partial charge is 0.392 e. The van der Waals surface area contributed by atoms with Crippen LogP contribution < -0.4 is 0 Å². The summed E-state index contributed by atoms with van der Waals surface area (Å²) in [6.45, 7) is 7.96. The number of ketones is 1. The molecule has 0 radical (unpaired) electrons. The molecule has 12 heavy (non-hydrogen) atoms. The highest BCUT2D eigenvalue weighted by molar-refractivity contribution is 5.98. The second-order valence-corrected chi connectivity index (χ2v) is 4.55. The number of hydrogen-bond donors (Lipinski definition) is 1. The van der Waals surface area contributed by atoms with E-state index in [-0.39, 0.29) is 29.1 Å². The van der Waals surface area contributed by atoms with Crippen LogP contribution in [0, 0.1) is 17.3 Å². The number of carbonyl (C=O) groups excluding carboxylic acids is 1. The smallest absolute Gasteiger partial charge is 0.159 e. The molecule has 3 aliphatic carbocycles. The van der Waals surface area contributed by atoms with Gasteiger partial charge in [-0.15, -0.1) is 0 Å². The van der Waals surface area contributed by atoms with Crippen LogP contribution in [-0.4, -0.2) is 17.0 Å². The fraction of sp³-hybridized carbons (Fsp3) is 0.700. The predicted octanol–water partition coefficient (Wildman–Crippen LogP) is 1.15. The van der Waals surface area contributed by atoms with E-state index < -0.39 is 0 Å². The summed E-state index contributed by atoms with van der Waals surface area (Å²) in [7, 11) is 0. The van der Waals surface area contributed by atoms with Gasteiger partial charge < -0.3 is 5.11 Å². The average molecular weight is 166 g/mol. The highest BCUT2D eigenvalue weighted by atomic mass is 16.3. The van der Waals surface area contributed by atoms with E-state index in [0.29, 0.717) is 12.0 Å². The zero-order chi connectivity index (χ0) is 9.09. The van der Waals surface area contributed by atoms with Gasteiger partial charge in [-0.2, -0.15) is 0 Å². The monoisotopic (exact) mass is 166 g/mol. The minimum Gasteiger partial charge on any atom is -0.392 e. The first-order valence-electron chi connectivity index (χ1n) is 4.36. The predicted molar refractivity (Wildman–Crippen MR) is 45.5 cm³/mol. The summed E-state index contributed by atoms with van der Waals surface area (Å²) in [5, 5.41) is 9.64. The molecule has 0 spiro atoms. The molecule has 0 aromatic heterocycles. The van der Waals surface area contributed by atoms with Gasteiger partial charge in [-0.1, -0.05) is 20.4 Å². The Morgan fingerprint density at radius 1 is 1.58 bits per heavy atom. The zero-order valence-electron chi connectivity index (χ0n) is 7.50. The van der Waals surface area contributed by atoms with Crippen LogP contribution in [0.15, 0.2) is 12.2 Å². The number of fused-ring (bicyclic) bond motifs is 2. The molecule has 1 N–H and O–H groups in total. The van der Waals surface area contributed by atoms with E-state index in [4.69, 9.17) is 0 Å². The lowest BCUT2D eigenvalue weighted by molar-refractivity contribution is -0.169. The number of aliphatic hydroxyl groups is 1. The molecule has 0 unspecified atom stereocenters. The summed E-state index contributed by atoms with van der Waals surface area (Å²) in [6.07, 6.45) is 0.175. The first-order valence-corrected chi connectivity index (χ1v) is 4.36. The van der Waals surface area contributed by atoms with Gasteiger partial charge in [-0.3, -0.25) is 4.79 Å². The maximum atomic E-state index is 11.3. The maximum absolute atomic E-state index is 11.3. The van der Waals surface area contributed by atoms with Crippen LogP contribution in [-0.2, 0) is 4.79 Å². The molecule has 3 fully saturated rings. The van der Waals surface area contributed by atoms with Crippen LogP contribution in [0.3, 0.4) is 0 Å². The Hall–Kier alpha value is -0.630. The van der Waals surface area contributed by atoms with Gasteiger partial charge >= 0.3 is 0 Å². The molecule has 0 saturated heterocycles. The third-order valence-electron chi connectivity index (χ3n) is 3.65. The first kappa shape index (κ1) is 7.99. The fourth-order valence-corrected chi connectivity index (χ4v) is 2.77. The van der Waals surface area contributed by atoms with E-state index in [1.807, 2.05) is 0 Å². The normalized spacial score (nSPS) is 44.1. The topological polar surface area (TPSA) is 37.3 Å². The summed E-state index contributed by atoms with van der Waals surface area (Å²) in [4.78, 5) is 11.3. The number of hydrogen-bond acceptors (Lipinski definition) is 2. The molecule has 0 amide bonds. The highest BCUT2D eigenvalue weighted by Gasteiger charge is 2.61. The minimum absolute atomic E-state index is 0.0174. The molecule has 0 aromatic carbocycles. The van der Waals surface area contributed by atoms with Crippen molar-refractivity contribution < 1.29 is 9.90 Å². The van der Waals surface area contributed by atoms with Crippen molar-refractivity contribution in [2.45, 2.75) is 26.4 Å². The minimum atomic E-state index is -0.315. The number of rotatable bonds is 0. The molecule has 3 aliphatic rings. The van der Waals surface area contributed by atoms with E-state index >= 15 is 0 Å². The second-order valence-electron chi connectivity index (χ2n) is 4.55. The lowest BCUT2D eigenvalue weighted by Gasteiger charge is -2.60. The standard InChI is InChI=1S/C10H14O2/c1-5-7(11)4-6-9(12)8(5)10(6,2)3/h6,8-9,12H,1,4H2,2-3H3/t6-,8+,9+/m0/s1. The molecule has 0 aromatic rings. The van der Waals surface area contributed by atoms with Crippen molar-refractivity contribution in [3.8, 4) is 0 Å². The van der Waals surface area contributed by atoms with Crippen LogP contribution in [0.1, 0.15) is 20.3 Å². The van der Waals surface area contributed by atoms with Crippen LogP contribution in [0.2, 0.25) is 0 Å². The summed E-state index contributed by atoms with van der Waals surface area (Å²) >= 11 is 0. The van der Waals surface area contributed by atoms with E-state index in [1.54, 1.807) is 0 Å². The number of carbonyl (C=O) groups is 1. The van der Waals surface area contributed by atoms with E-state index in [9.17, 15) is 9.90 Å². The molecule has 3 rings (SSSR count). The molecule has 66 valence electrons. The van der Waals surface area contributed by atoms with Crippen molar-refractivity contribution in [1.29, 1.82) is 0 Å². The molecule has 2 bridgehead atoms. The van der Waals surface area contributed by atoms with E-state index in [0.717, 1.165) is 0 Å². The highest BCUT2D eigenvalue weighted by Crippen LogP contribution is 2.59. The molecule has 0 heterocycles. The van der Waals surface area contributed by atoms with Crippen LogP contribution >= 0.6 is 0 Å². The van der Waals surface area contributed by atoms with Crippen molar-refractivity contribution in [3.63, 3.8) is 0 Å². The maximum Gasteiger partial charge on any atom is 0.159 e. The number of aliphatic hydroxyl groups excluding tert-OH is 1. The van der Waals surface area contributed by atoms with Gasteiger partial charge in [0.05, 0.1) is 6.10 Å². The summed E-state index contributed by atoms with van der Waals surface area (Å²) in [5.41, 5.74) is 0.722. The molecular formula is C10H14O2. The van der Waals surface area contributed by atoms with Crippen LogP contribution in [0.25, 0.3) is 0 Å². The Bertz CT molecular complexity index is 265. The Morgan fingerprint density at radius 3 is 2.50 bits per heavy atom. The Morgan fingerprint density at radius 2 is 2.17 bits per heavy atom. The van der Waals surface area contributed by atoms with Gasteiger partial charge in [0, 0.05) is 12.3 Å². The Kier molecular flexibility index (Phi) is 1.33. The van der Waals surface area contributed by atoms with E-state index in [2.05, 4.69) is 20.4 Å². The molecule has 2 nitrogen and oxygen atoms in total. The zero-order valence-corrected chi connectivity index (χ0v) is 7.50. The second kappa shape index (κ2) is 1.99. The molecule has 3 saturated carbocycles. The summed E-state index contributed by atoms with van der Waals surface area (Å²) in [6, 6.07) is 0. The average Bonchev–Trinajstić information content (AvgIpc) is 1.96. The van der Waals surface area contributed by atoms with Gasteiger partial charge in [0.1, 0.15) is 0 Å². The first-order chi connectivity index (χ1) is 5.46. The molecule has 0 aliphatic heterocycles. The van der Waals surface area contributed by atoms with Crippen molar-refractivity contribution in [1.82, 2.24) is 0 Å². The van der Waals surface area contributed by atoms with Gasteiger partial charge in [-0.05, 0) is 16.9 Å². The summed E-state index contributed by atoms with van der Waals surface area (Å²) in [5.74, 6) is 0.332. The molecule has 2 heteroatoms. The lowest BCUT2D eigenvalue weighted by atomic mass is 9.45. The van der Waals surface area contributed by atoms with Crippen molar-refractivity contribution in [2.75, 3.05) is 0 Å². The van der Waals surface area contributed by atoms with Gasteiger partial charge in [-0.25, -0.2) is 0 Å². The fourth-order valence-electron chi connectivity index (χ4n) is 2.77. The van der Waals surface area contributed by atoms with Crippen molar-refractivity contribution in [2.24, 2.45) is 17.3 Å². The molecular weight excluding hydrogens is 152 g/mol. The lowest BCUT2D eigenvalue weighted by Crippen LogP contribution is -2.62. The SMILES string of the molecule is C=C1C(=O)C[C@H]2[C@@H](O)[C@@H]1C2(C)C. The van der Waals surface area contributed by atoms with Crippen LogP contribution in [0.4, 0.5) is 0 Å². The quantitative estimate of drug-likeness (QED) is 0.548. The van der Waals surface area contributed by atoms with Gasteiger partial charge in [0.2, 0.25) is 0 Å². The third-order valence-corrected chi connectivity index (χ3v) is 3.65. The van der Waals surface area contributed by atoms with E-state index in [1.165, 1.54) is 0 Å². The van der Waals surface area contributed by atoms with Crippen molar-refractivity contribution >= 4 is 5.78 Å². The van der Waals surface area contributed by atoms with Crippen molar-refractivity contribution in [3.05, 3.63) is 12.2 Å². The van der Waals surface area contributed by atoms with Gasteiger partial charge in [0.25, 0.3) is 0 Å². The Labute approximate surface area is 72.3 Å². The molecule has 3 atom stereocenters. The Balaban J connectivity index is 2.35. The van der Waals surface area contributed by atoms with Gasteiger partial charge in [0.15, 0.2) is 5.78 Å². The summed E-state index contributed by atoms with van der Waals surface area (Å²) < 4.78 is 0.